The predicted molar refractivity (Wildman–Crippen MR) is 136 cm³/mol. The van der Waals surface area contributed by atoms with Gasteiger partial charge in [0.05, 0.1) is 34.5 Å². The van der Waals surface area contributed by atoms with Crippen LogP contribution in [0.15, 0.2) is 59.5 Å². The van der Waals surface area contributed by atoms with Gasteiger partial charge in [0, 0.05) is 16.7 Å². The quantitative estimate of drug-likeness (QED) is 0.175. The van der Waals surface area contributed by atoms with Crippen molar-refractivity contribution in [1.82, 2.24) is 4.90 Å². The van der Waals surface area contributed by atoms with E-state index < -0.39 is 38.2 Å². The Balaban J connectivity index is 1.69. The number of benzene rings is 3. The number of carbonyl (C=O) groups excluding carboxylic acids is 2. The van der Waals surface area contributed by atoms with E-state index in [0.29, 0.717) is 17.3 Å². The smallest absolute Gasteiger partial charge is 0.318 e. The van der Waals surface area contributed by atoms with Crippen molar-refractivity contribution in [1.29, 1.82) is 0 Å². The highest BCUT2D eigenvalue weighted by Crippen LogP contribution is 2.42. The molecular weight excluding hydrogens is 545 g/mol. The van der Waals surface area contributed by atoms with E-state index in [0.717, 1.165) is 35.2 Å². The molecule has 4 rings (SSSR count). The Morgan fingerprint density at radius 3 is 2.47 bits per heavy atom. The first-order valence-electron chi connectivity index (χ1n) is 10.6. The van der Waals surface area contributed by atoms with Crippen molar-refractivity contribution in [3.63, 3.8) is 0 Å². The molecule has 0 N–H and O–H groups in total. The van der Waals surface area contributed by atoms with Crippen molar-refractivity contribution in [2.24, 2.45) is 0 Å². The molecule has 0 spiro atoms. The van der Waals surface area contributed by atoms with Crippen LogP contribution in [0.4, 0.5) is 20.6 Å². The third-order valence-electron chi connectivity index (χ3n) is 5.30. The van der Waals surface area contributed by atoms with Crippen LogP contribution in [0.1, 0.15) is 11.1 Å². The van der Waals surface area contributed by atoms with Crippen LogP contribution < -0.4 is 9.47 Å². The Kier molecular flexibility index (Phi) is 7.60. The molecule has 38 heavy (non-hydrogen) atoms. The zero-order chi connectivity index (χ0) is 27.6. The van der Waals surface area contributed by atoms with E-state index >= 15 is 0 Å². The van der Waals surface area contributed by atoms with Crippen molar-refractivity contribution in [2.75, 3.05) is 7.11 Å². The molecular formula is C24H15ClFN3O8S. The summed E-state index contributed by atoms with van der Waals surface area (Å²) in [6.45, 7) is -0.183. The minimum Gasteiger partial charge on any atom is -0.493 e. The van der Waals surface area contributed by atoms with Crippen LogP contribution in [0.3, 0.4) is 0 Å². The van der Waals surface area contributed by atoms with E-state index in [-0.39, 0.29) is 39.3 Å². The molecule has 0 saturated carbocycles. The molecule has 0 aromatic heterocycles. The van der Waals surface area contributed by atoms with E-state index in [1.54, 1.807) is 6.07 Å². The highest BCUT2D eigenvalue weighted by molar-refractivity contribution is 8.18. The van der Waals surface area contributed by atoms with E-state index in [1.807, 2.05) is 0 Å². The van der Waals surface area contributed by atoms with E-state index in [4.69, 9.17) is 21.1 Å². The SMILES string of the molecule is COc1cccc(/C=C2/SC(=O)N(Cc3ccc(F)cc3Cl)C2=O)c1Oc1ccc([N+](=O)[O-])cc1[N+](=O)[O-]. The number of rotatable bonds is 8. The highest BCUT2D eigenvalue weighted by atomic mass is 35.5. The second-order valence-electron chi connectivity index (χ2n) is 7.65. The second kappa shape index (κ2) is 10.9. The third-order valence-corrected chi connectivity index (χ3v) is 6.55. The Morgan fingerprint density at radius 1 is 1.05 bits per heavy atom. The molecule has 1 aliphatic rings. The van der Waals surface area contributed by atoms with Crippen molar-refractivity contribution in [3.8, 4) is 17.2 Å². The average molecular weight is 560 g/mol. The van der Waals surface area contributed by atoms with Gasteiger partial charge >= 0.3 is 5.69 Å². The van der Waals surface area contributed by atoms with Gasteiger partial charge in [0.1, 0.15) is 5.82 Å². The van der Waals surface area contributed by atoms with Crippen LogP contribution in [0.25, 0.3) is 6.08 Å². The van der Waals surface area contributed by atoms with Gasteiger partial charge in [-0.15, -0.1) is 0 Å². The molecule has 2 amide bonds. The minimum absolute atomic E-state index is 0.0181. The fraction of sp³-hybridized carbons (Fsp3) is 0.0833. The molecule has 1 saturated heterocycles. The maximum absolute atomic E-state index is 13.4. The summed E-state index contributed by atoms with van der Waals surface area (Å²) in [5.41, 5.74) is -0.554. The molecule has 0 aliphatic carbocycles. The number of methoxy groups -OCH3 is 1. The summed E-state index contributed by atoms with van der Waals surface area (Å²) in [5, 5.41) is 22.1. The number of thioether (sulfide) groups is 1. The first-order chi connectivity index (χ1) is 18.1. The lowest BCUT2D eigenvalue weighted by atomic mass is 10.1. The summed E-state index contributed by atoms with van der Waals surface area (Å²) < 4.78 is 24.4. The topological polar surface area (TPSA) is 142 Å². The Labute approximate surface area is 222 Å². The molecule has 1 fully saturated rings. The average Bonchev–Trinajstić information content (AvgIpc) is 3.13. The molecule has 3 aromatic carbocycles. The number of hydrogen-bond acceptors (Lipinski definition) is 9. The van der Waals surface area contributed by atoms with Gasteiger partial charge in [-0.25, -0.2) is 4.39 Å². The fourth-order valence-corrected chi connectivity index (χ4v) is 4.53. The summed E-state index contributed by atoms with van der Waals surface area (Å²) >= 11 is 6.68. The molecule has 0 unspecified atom stereocenters. The molecule has 1 heterocycles. The number of hydrogen-bond donors (Lipinski definition) is 0. The summed E-state index contributed by atoms with van der Waals surface area (Å²) in [5.74, 6) is -1.40. The number of nitrogens with zero attached hydrogens (tertiary/aromatic N) is 3. The van der Waals surface area contributed by atoms with Gasteiger partial charge in [-0.3, -0.25) is 34.7 Å². The number of nitro groups is 2. The lowest BCUT2D eigenvalue weighted by molar-refractivity contribution is -0.394. The Morgan fingerprint density at radius 2 is 1.82 bits per heavy atom. The third kappa shape index (κ3) is 5.43. The van der Waals surface area contributed by atoms with Crippen LogP contribution in [-0.4, -0.2) is 33.0 Å². The highest BCUT2D eigenvalue weighted by Gasteiger charge is 2.36. The number of non-ortho nitro benzene ring substituents is 1. The summed E-state index contributed by atoms with van der Waals surface area (Å²) in [7, 11) is 1.33. The monoisotopic (exact) mass is 559 g/mol. The molecule has 3 aromatic rings. The van der Waals surface area contributed by atoms with Crippen LogP contribution in [0.2, 0.25) is 5.02 Å². The zero-order valence-corrected chi connectivity index (χ0v) is 20.8. The largest absolute Gasteiger partial charge is 0.493 e. The summed E-state index contributed by atoms with van der Waals surface area (Å²) in [6.07, 6.45) is 1.35. The van der Waals surface area contributed by atoms with Gasteiger partial charge in [-0.2, -0.15) is 0 Å². The Hall–Kier alpha value is -4.49. The van der Waals surface area contributed by atoms with Crippen molar-refractivity contribution < 1.29 is 33.3 Å². The van der Waals surface area contributed by atoms with Gasteiger partial charge in [0.15, 0.2) is 11.5 Å². The first kappa shape index (κ1) is 26.6. The summed E-state index contributed by atoms with van der Waals surface area (Å²) in [6, 6.07) is 11.1. The maximum atomic E-state index is 13.4. The lowest BCUT2D eigenvalue weighted by Gasteiger charge is -2.14. The normalized spacial score (nSPS) is 14.2. The number of imide groups is 1. The summed E-state index contributed by atoms with van der Waals surface area (Å²) in [4.78, 5) is 47.6. The molecule has 0 bridgehead atoms. The van der Waals surface area contributed by atoms with Gasteiger partial charge in [0.2, 0.25) is 5.75 Å². The number of halogens is 2. The molecule has 0 radical (unpaired) electrons. The first-order valence-corrected chi connectivity index (χ1v) is 11.8. The van der Waals surface area contributed by atoms with Crippen LogP contribution in [0, 0.1) is 26.0 Å². The number of ether oxygens (including phenoxy) is 2. The van der Waals surface area contributed by atoms with Gasteiger partial charge in [-0.05, 0) is 47.7 Å². The van der Waals surface area contributed by atoms with E-state index in [1.165, 1.54) is 31.4 Å². The minimum atomic E-state index is -0.830. The van der Waals surface area contributed by atoms with E-state index in [9.17, 15) is 34.2 Å². The van der Waals surface area contributed by atoms with E-state index in [2.05, 4.69) is 0 Å². The molecule has 11 nitrogen and oxygen atoms in total. The fourth-order valence-electron chi connectivity index (χ4n) is 3.47. The number of para-hydroxylation sites is 1. The van der Waals surface area contributed by atoms with Gasteiger partial charge < -0.3 is 9.47 Å². The van der Waals surface area contributed by atoms with Crippen LogP contribution >= 0.6 is 23.4 Å². The number of amides is 2. The van der Waals surface area contributed by atoms with Gasteiger partial charge in [0.25, 0.3) is 16.8 Å². The molecule has 14 heteroatoms. The maximum Gasteiger partial charge on any atom is 0.318 e. The Bertz CT molecular complexity index is 1530. The van der Waals surface area contributed by atoms with Gasteiger partial charge in [-0.1, -0.05) is 29.8 Å². The standard InChI is InChI=1S/C24H15ClFN3O8S/c1-36-20-4-2-3-13(22(20)37-19-8-7-16(28(32)33)11-18(19)29(34)35)9-21-23(30)27(24(31)38-21)12-14-5-6-15(26)10-17(14)25/h2-11H,12H2,1H3/b21-9+. The second-order valence-corrected chi connectivity index (χ2v) is 9.05. The van der Waals surface area contributed by atoms with Crippen molar-refractivity contribution in [3.05, 3.63) is 102 Å². The predicted octanol–water partition coefficient (Wildman–Crippen LogP) is 6.33. The van der Waals surface area contributed by atoms with Crippen LogP contribution in [0.5, 0.6) is 17.2 Å². The van der Waals surface area contributed by atoms with Crippen molar-refractivity contribution >= 4 is 52.0 Å². The van der Waals surface area contributed by atoms with Crippen LogP contribution in [-0.2, 0) is 11.3 Å². The molecule has 194 valence electrons. The van der Waals surface area contributed by atoms with Crippen molar-refractivity contribution in [2.45, 2.75) is 6.54 Å². The number of nitro benzene ring substituents is 2. The molecule has 0 atom stereocenters. The zero-order valence-electron chi connectivity index (χ0n) is 19.3. The lowest BCUT2D eigenvalue weighted by Crippen LogP contribution is -2.27. The molecule has 1 aliphatic heterocycles. The number of carbonyl (C=O) groups is 2.